The molecule has 0 radical (unpaired) electrons. The summed E-state index contributed by atoms with van der Waals surface area (Å²) >= 11 is 0. The molecule has 3 unspecified atom stereocenters. The molecule has 45 heavy (non-hydrogen) atoms. The Kier molecular flexibility index (Phi) is 9.19. The first-order chi connectivity index (χ1) is 21.1. The highest BCUT2D eigenvalue weighted by atomic mass is 19.4. The zero-order valence-electron chi connectivity index (χ0n) is 26.0. The number of likely N-dealkylation sites (tertiary alicyclic amines) is 3. The highest BCUT2D eigenvalue weighted by Gasteiger charge is 2.48. The predicted octanol–water partition coefficient (Wildman–Crippen LogP) is 7.15. The number of carbonyl (C=O) groups excluding carboxylic acids is 2. The van der Waals surface area contributed by atoms with Crippen LogP contribution < -0.4 is 0 Å². The van der Waals surface area contributed by atoms with Gasteiger partial charge in [0.2, 0.25) is 5.91 Å². The number of alkyl halides is 6. The Bertz CT molecular complexity index is 1370. The molecule has 0 saturated carbocycles. The number of halogens is 6. The molecule has 0 bridgehead atoms. The monoisotopic (exact) mass is 638 g/mol. The van der Waals surface area contributed by atoms with E-state index in [1.807, 2.05) is 36.1 Å². The van der Waals surface area contributed by atoms with E-state index in [2.05, 4.69) is 4.90 Å². The Morgan fingerprint density at radius 1 is 0.889 bits per heavy atom. The number of rotatable bonds is 4. The molecule has 3 aliphatic rings. The standard InChI is InChI=1S/C33H40F6N4O2/c1-20-7-5-6-8-28(20)30-29-19-42(27-10-12-41(13-11-27)22(3)44)18-23(29)9-14-43(30)31(45)40(4)21(2)24-15-25(32(34,35)36)17-26(16-24)33(37,38)39/h5-8,15-17,21,23,27,29-30H,9-14,18-19H2,1-4H3/t21?,23?,29-,30?/m1/s1. The predicted molar refractivity (Wildman–Crippen MR) is 157 cm³/mol. The van der Waals surface area contributed by atoms with Gasteiger partial charge in [-0.15, -0.1) is 0 Å². The van der Waals surface area contributed by atoms with Gasteiger partial charge >= 0.3 is 18.4 Å². The Labute approximate surface area is 259 Å². The van der Waals surface area contributed by atoms with Crippen molar-refractivity contribution in [1.29, 1.82) is 0 Å². The molecule has 0 aromatic heterocycles. The van der Waals surface area contributed by atoms with E-state index in [-0.39, 0.29) is 29.5 Å². The van der Waals surface area contributed by atoms with Gasteiger partial charge < -0.3 is 14.7 Å². The number of hydrogen-bond donors (Lipinski definition) is 0. The van der Waals surface area contributed by atoms with Gasteiger partial charge in [0.15, 0.2) is 0 Å². The molecule has 3 aliphatic heterocycles. The maximum Gasteiger partial charge on any atom is 0.416 e. The lowest BCUT2D eigenvalue weighted by Gasteiger charge is -2.45. The molecule has 0 spiro atoms. The van der Waals surface area contributed by atoms with Crippen molar-refractivity contribution in [3.63, 3.8) is 0 Å². The number of carbonyl (C=O) groups is 2. The average molecular weight is 639 g/mol. The molecule has 3 heterocycles. The zero-order valence-corrected chi connectivity index (χ0v) is 26.0. The van der Waals surface area contributed by atoms with Crippen LogP contribution in [0.1, 0.15) is 73.0 Å². The normalized spacial score (nSPS) is 24.0. The summed E-state index contributed by atoms with van der Waals surface area (Å²) in [6, 6.07) is 7.87. The van der Waals surface area contributed by atoms with Crippen molar-refractivity contribution < 1.29 is 35.9 Å². The Morgan fingerprint density at radius 2 is 1.49 bits per heavy atom. The highest BCUT2D eigenvalue weighted by molar-refractivity contribution is 5.76. The van der Waals surface area contributed by atoms with Crippen LogP contribution in [0, 0.1) is 18.8 Å². The van der Waals surface area contributed by atoms with Crippen LogP contribution >= 0.6 is 0 Å². The first-order valence-corrected chi connectivity index (χ1v) is 15.4. The summed E-state index contributed by atoms with van der Waals surface area (Å²) in [6.45, 7) is 8.52. The molecule has 0 aliphatic carbocycles. The van der Waals surface area contributed by atoms with Crippen LogP contribution in [0.15, 0.2) is 42.5 Å². The largest absolute Gasteiger partial charge is 0.416 e. The van der Waals surface area contributed by atoms with Crippen molar-refractivity contribution in [3.05, 3.63) is 70.3 Å². The molecular formula is C33H40F6N4O2. The number of hydrogen-bond acceptors (Lipinski definition) is 3. The van der Waals surface area contributed by atoms with Crippen LogP contribution in [0.3, 0.4) is 0 Å². The molecule has 3 saturated heterocycles. The fourth-order valence-electron chi connectivity index (χ4n) is 7.46. The topological polar surface area (TPSA) is 47.1 Å². The number of benzene rings is 2. The van der Waals surface area contributed by atoms with Crippen molar-refractivity contribution in [3.8, 4) is 0 Å². The van der Waals surface area contributed by atoms with Crippen molar-refractivity contribution in [1.82, 2.24) is 19.6 Å². The maximum atomic E-state index is 14.2. The first kappa shape index (κ1) is 33.1. The number of amides is 3. The maximum absolute atomic E-state index is 14.2. The minimum absolute atomic E-state index is 0.0791. The van der Waals surface area contributed by atoms with Crippen molar-refractivity contribution in [2.45, 2.75) is 70.5 Å². The molecule has 3 fully saturated rings. The van der Waals surface area contributed by atoms with Gasteiger partial charge in [-0.3, -0.25) is 9.69 Å². The number of aryl methyl sites for hydroxylation is 1. The molecule has 6 nitrogen and oxygen atoms in total. The van der Waals surface area contributed by atoms with Crippen LogP contribution in [0.25, 0.3) is 0 Å². The van der Waals surface area contributed by atoms with E-state index in [0.717, 1.165) is 43.5 Å². The van der Waals surface area contributed by atoms with Gasteiger partial charge in [0, 0.05) is 58.7 Å². The third-order valence-corrected chi connectivity index (χ3v) is 10.2. The smallest absolute Gasteiger partial charge is 0.343 e. The number of piperidine rings is 2. The minimum atomic E-state index is -4.98. The minimum Gasteiger partial charge on any atom is -0.343 e. The summed E-state index contributed by atoms with van der Waals surface area (Å²) in [6.07, 6.45) is -7.45. The number of nitrogens with zero attached hydrogens (tertiary/aromatic N) is 4. The van der Waals surface area contributed by atoms with E-state index >= 15 is 0 Å². The number of urea groups is 1. The lowest BCUT2D eigenvalue weighted by molar-refractivity contribution is -0.143. The van der Waals surface area contributed by atoms with E-state index in [1.54, 1.807) is 11.8 Å². The molecule has 246 valence electrons. The van der Waals surface area contributed by atoms with Crippen molar-refractivity contribution in [2.75, 3.05) is 39.8 Å². The van der Waals surface area contributed by atoms with Gasteiger partial charge in [-0.25, -0.2) is 4.79 Å². The molecular weight excluding hydrogens is 598 g/mol. The molecule has 0 N–H and O–H groups in total. The quantitative estimate of drug-likeness (QED) is 0.335. The van der Waals surface area contributed by atoms with Crippen LogP contribution in [0.5, 0.6) is 0 Å². The van der Waals surface area contributed by atoms with Gasteiger partial charge in [0.25, 0.3) is 0 Å². The van der Waals surface area contributed by atoms with Gasteiger partial charge in [0.1, 0.15) is 0 Å². The zero-order chi connectivity index (χ0) is 32.8. The lowest BCUT2D eigenvalue weighted by atomic mass is 9.78. The van der Waals surface area contributed by atoms with Crippen LogP contribution in [-0.4, -0.2) is 77.4 Å². The fraction of sp³-hybridized carbons (Fsp3) is 0.576. The van der Waals surface area contributed by atoms with E-state index in [0.29, 0.717) is 43.7 Å². The van der Waals surface area contributed by atoms with Crippen molar-refractivity contribution in [2.24, 2.45) is 11.8 Å². The van der Waals surface area contributed by atoms with E-state index in [1.165, 1.54) is 18.9 Å². The van der Waals surface area contributed by atoms with Gasteiger partial charge in [-0.1, -0.05) is 24.3 Å². The van der Waals surface area contributed by atoms with Crippen LogP contribution in [-0.2, 0) is 17.1 Å². The summed E-state index contributed by atoms with van der Waals surface area (Å²) < 4.78 is 81.6. The lowest BCUT2D eigenvalue weighted by Crippen LogP contribution is -2.51. The molecule has 3 amide bonds. The summed E-state index contributed by atoms with van der Waals surface area (Å²) in [7, 11) is 1.44. The fourth-order valence-corrected chi connectivity index (χ4v) is 7.46. The van der Waals surface area contributed by atoms with E-state index in [9.17, 15) is 35.9 Å². The molecule has 12 heteroatoms. The molecule has 4 atom stereocenters. The van der Waals surface area contributed by atoms with Crippen molar-refractivity contribution >= 4 is 11.9 Å². The van der Waals surface area contributed by atoms with Gasteiger partial charge in [0.05, 0.1) is 23.2 Å². The average Bonchev–Trinajstić information content (AvgIpc) is 3.43. The second-order valence-electron chi connectivity index (χ2n) is 12.8. The second kappa shape index (κ2) is 12.5. The highest BCUT2D eigenvalue weighted by Crippen LogP contribution is 2.46. The van der Waals surface area contributed by atoms with Gasteiger partial charge in [-0.05, 0) is 73.9 Å². The van der Waals surface area contributed by atoms with E-state index < -0.39 is 35.6 Å². The Morgan fingerprint density at radius 3 is 2.04 bits per heavy atom. The third-order valence-electron chi connectivity index (χ3n) is 10.2. The van der Waals surface area contributed by atoms with Crippen LogP contribution in [0.2, 0.25) is 0 Å². The molecule has 2 aromatic rings. The summed E-state index contributed by atoms with van der Waals surface area (Å²) in [5, 5.41) is 0. The first-order valence-electron chi connectivity index (χ1n) is 15.4. The number of fused-ring (bicyclic) bond motifs is 1. The second-order valence-corrected chi connectivity index (χ2v) is 12.8. The van der Waals surface area contributed by atoms with Gasteiger partial charge in [-0.2, -0.15) is 26.3 Å². The molecule has 2 aromatic carbocycles. The van der Waals surface area contributed by atoms with Crippen LogP contribution in [0.4, 0.5) is 31.1 Å². The summed E-state index contributed by atoms with van der Waals surface area (Å²) in [5.74, 6) is 0.504. The van der Waals surface area contributed by atoms with E-state index in [4.69, 9.17) is 0 Å². The Balaban J connectivity index is 1.42. The molecule has 5 rings (SSSR count). The third kappa shape index (κ3) is 6.80. The summed E-state index contributed by atoms with van der Waals surface area (Å²) in [4.78, 5) is 33.4. The Hall–Kier alpha value is -3.28. The SMILES string of the molecule is CC(=O)N1CCC(N2CC3CCN(C(=O)N(C)C(C)c4cc(C(F)(F)F)cc(C(F)(F)F)c4)C(c4ccccc4C)[C@@H]3C2)CC1. The summed E-state index contributed by atoms with van der Waals surface area (Å²) in [5.41, 5.74) is -1.04.